The van der Waals surface area contributed by atoms with Gasteiger partial charge in [-0.2, -0.15) is 0 Å². The number of hydrogen-bond acceptors (Lipinski definition) is 4. The van der Waals surface area contributed by atoms with Gasteiger partial charge in [0.05, 0.1) is 7.11 Å². The summed E-state index contributed by atoms with van der Waals surface area (Å²) in [5.74, 6) is 0.00602. The molecule has 1 heterocycles. The number of aromatic amines is 1. The zero-order valence-electron chi connectivity index (χ0n) is 16.8. The van der Waals surface area contributed by atoms with Crippen molar-refractivity contribution >= 4 is 39.5 Å². The van der Waals surface area contributed by atoms with Crippen LogP contribution in [0.3, 0.4) is 0 Å². The van der Waals surface area contributed by atoms with Crippen molar-refractivity contribution in [3.8, 4) is 5.75 Å². The Labute approximate surface area is 173 Å². The van der Waals surface area contributed by atoms with Gasteiger partial charge in [-0.3, -0.25) is 4.79 Å². The number of methoxy groups -OCH3 is 1. The van der Waals surface area contributed by atoms with E-state index in [2.05, 4.69) is 4.98 Å². The standard InChI is InChI=1S/C25H21NO4/c1-16-25(21-5-3-4-6-22(21)26-16)23(27)15-30-24(28)12-8-17-7-9-19-14-20(29-2)11-10-18(19)13-17/h3-14,26H,15H2,1-2H3/b12-8+. The lowest BCUT2D eigenvalue weighted by atomic mass is 10.1. The fourth-order valence-electron chi connectivity index (χ4n) is 3.53. The molecule has 0 amide bonds. The number of carbonyl (C=O) groups excluding carboxylic acids is 2. The van der Waals surface area contributed by atoms with Gasteiger partial charge in [-0.1, -0.05) is 36.4 Å². The summed E-state index contributed by atoms with van der Waals surface area (Å²) in [6.07, 6.45) is 3.01. The summed E-state index contributed by atoms with van der Waals surface area (Å²) in [6.45, 7) is 1.54. The summed E-state index contributed by atoms with van der Waals surface area (Å²) in [7, 11) is 1.63. The number of nitrogens with one attached hydrogen (secondary N) is 1. The third-order valence-corrected chi connectivity index (χ3v) is 5.00. The van der Waals surface area contributed by atoms with Gasteiger partial charge in [-0.25, -0.2) is 4.79 Å². The summed E-state index contributed by atoms with van der Waals surface area (Å²) in [5.41, 5.74) is 3.08. The van der Waals surface area contributed by atoms with Gasteiger partial charge >= 0.3 is 5.97 Å². The number of aryl methyl sites for hydroxylation is 1. The van der Waals surface area contributed by atoms with E-state index in [1.165, 1.54) is 6.08 Å². The van der Waals surface area contributed by atoms with Crippen molar-refractivity contribution in [3.05, 3.63) is 83.6 Å². The second-order valence-corrected chi connectivity index (χ2v) is 7.01. The third kappa shape index (κ3) is 3.96. The fourth-order valence-corrected chi connectivity index (χ4v) is 3.53. The number of rotatable bonds is 6. The first-order valence-electron chi connectivity index (χ1n) is 9.58. The summed E-state index contributed by atoms with van der Waals surface area (Å²) >= 11 is 0. The number of aromatic nitrogens is 1. The SMILES string of the molecule is COc1ccc2cc(/C=C/C(=O)OCC(=O)c3c(C)[nH]c4ccccc34)ccc2c1. The maximum Gasteiger partial charge on any atom is 0.331 e. The number of benzene rings is 3. The molecule has 4 rings (SSSR count). The van der Waals surface area contributed by atoms with E-state index < -0.39 is 5.97 Å². The summed E-state index contributed by atoms with van der Waals surface area (Å²) in [6, 6.07) is 19.2. The van der Waals surface area contributed by atoms with Crippen LogP contribution in [0.25, 0.3) is 27.8 Å². The van der Waals surface area contributed by atoms with Crippen LogP contribution in [-0.4, -0.2) is 30.5 Å². The molecule has 0 bridgehead atoms. The molecule has 1 N–H and O–H groups in total. The number of para-hydroxylation sites is 1. The molecule has 0 saturated heterocycles. The van der Waals surface area contributed by atoms with Crippen molar-refractivity contribution in [2.24, 2.45) is 0 Å². The van der Waals surface area contributed by atoms with Crippen LogP contribution in [0.1, 0.15) is 21.6 Å². The van der Waals surface area contributed by atoms with Crippen LogP contribution >= 0.6 is 0 Å². The Kier molecular flexibility index (Phi) is 5.35. The number of carbonyl (C=O) groups is 2. The van der Waals surface area contributed by atoms with Gasteiger partial charge in [0.1, 0.15) is 5.75 Å². The highest BCUT2D eigenvalue weighted by Crippen LogP contribution is 2.23. The molecule has 0 unspecified atom stereocenters. The summed E-state index contributed by atoms with van der Waals surface area (Å²) in [5, 5.41) is 2.92. The Morgan fingerprint density at radius 3 is 2.60 bits per heavy atom. The zero-order chi connectivity index (χ0) is 21.1. The van der Waals surface area contributed by atoms with Gasteiger partial charge in [0.15, 0.2) is 6.61 Å². The van der Waals surface area contributed by atoms with E-state index in [1.54, 1.807) is 13.2 Å². The molecule has 5 heteroatoms. The van der Waals surface area contributed by atoms with E-state index in [0.717, 1.165) is 38.7 Å². The molecule has 30 heavy (non-hydrogen) atoms. The Morgan fingerprint density at radius 1 is 1.00 bits per heavy atom. The molecular formula is C25H21NO4. The lowest BCUT2D eigenvalue weighted by molar-refractivity contribution is -0.136. The summed E-state index contributed by atoms with van der Waals surface area (Å²) in [4.78, 5) is 27.9. The Morgan fingerprint density at radius 2 is 1.77 bits per heavy atom. The molecule has 0 aliphatic rings. The van der Waals surface area contributed by atoms with Crippen LogP contribution in [0.2, 0.25) is 0 Å². The molecule has 1 aromatic heterocycles. The molecule has 0 fully saturated rings. The minimum atomic E-state index is -0.560. The molecule has 150 valence electrons. The Hall–Kier alpha value is -3.86. The van der Waals surface area contributed by atoms with Gasteiger partial charge in [-0.15, -0.1) is 0 Å². The monoisotopic (exact) mass is 399 g/mol. The number of H-pyrrole nitrogens is 1. The quantitative estimate of drug-likeness (QED) is 0.279. The summed E-state index contributed by atoms with van der Waals surface area (Å²) < 4.78 is 10.4. The average Bonchev–Trinajstić information content (AvgIpc) is 3.11. The van der Waals surface area contributed by atoms with Crippen LogP contribution in [0.4, 0.5) is 0 Å². The van der Waals surface area contributed by atoms with Gasteiger partial charge in [-0.05, 0) is 53.6 Å². The normalized spacial score (nSPS) is 11.3. The zero-order valence-corrected chi connectivity index (χ0v) is 16.8. The highest BCUT2D eigenvalue weighted by molar-refractivity contribution is 6.10. The minimum Gasteiger partial charge on any atom is -0.497 e. The second kappa shape index (κ2) is 8.25. The number of ether oxygens (including phenoxy) is 2. The Bertz CT molecular complexity index is 1280. The van der Waals surface area contributed by atoms with Crippen molar-refractivity contribution < 1.29 is 19.1 Å². The number of fused-ring (bicyclic) bond motifs is 2. The van der Waals surface area contributed by atoms with Crippen LogP contribution in [-0.2, 0) is 9.53 Å². The number of esters is 1. The molecule has 0 atom stereocenters. The van der Waals surface area contributed by atoms with Gasteiger partial charge < -0.3 is 14.5 Å². The number of ketones is 1. The predicted molar refractivity (Wildman–Crippen MR) is 118 cm³/mol. The van der Waals surface area contributed by atoms with Gasteiger partial charge in [0.2, 0.25) is 5.78 Å². The van der Waals surface area contributed by atoms with Crippen molar-refractivity contribution in [2.45, 2.75) is 6.92 Å². The third-order valence-electron chi connectivity index (χ3n) is 5.00. The molecule has 5 nitrogen and oxygen atoms in total. The molecule has 0 saturated carbocycles. The predicted octanol–water partition coefficient (Wildman–Crippen LogP) is 5.08. The molecular weight excluding hydrogens is 378 g/mol. The Balaban J connectivity index is 1.42. The van der Waals surface area contributed by atoms with E-state index in [1.807, 2.05) is 67.6 Å². The van der Waals surface area contributed by atoms with Crippen LogP contribution in [0.5, 0.6) is 5.75 Å². The first kappa shape index (κ1) is 19.5. The molecule has 0 aliphatic carbocycles. The minimum absolute atomic E-state index is 0.230. The first-order valence-corrected chi connectivity index (χ1v) is 9.58. The van der Waals surface area contributed by atoms with E-state index in [-0.39, 0.29) is 12.4 Å². The van der Waals surface area contributed by atoms with Gasteiger partial charge in [0.25, 0.3) is 0 Å². The lowest BCUT2D eigenvalue weighted by Gasteiger charge is -2.04. The van der Waals surface area contributed by atoms with E-state index in [9.17, 15) is 9.59 Å². The van der Waals surface area contributed by atoms with Crippen LogP contribution in [0.15, 0.2) is 66.7 Å². The average molecular weight is 399 g/mol. The lowest BCUT2D eigenvalue weighted by Crippen LogP contribution is -2.13. The van der Waals surface area contributed by atoms with Crippen molar-refractivity contribution in [1.29, 1.82) is 0 Å². The topological polar surface area (TPSA) is 68.4 Å². The van der Waals surface area contributed by atoms with Crippen molar-refractivity contribution in [1.82, 2.24) is 4.98 Å². The molecule has 0 spiro atoms. The van der Waals surface area contributed by atoms with Crippen LogP contribution in [0, 0.1) is 6.92 Å². The molecule has 4 aromatic rings. The van der Waals surface area contributed by atoms with Crippen molar-refractivity contribution in [3.63, 3.8) is 0 Å². The van der Waals surface area contributed by atoms with Crippen molar-refractivity contribution in [2.75, 3.05) is 13.7 Å². The molecule has 0 aliphatic heterocycles. The highest BCUT2D eigenvalue weighted by atomic mass is 16.5. The number of Topliss-reactive ketones (excluding diaryl/α,β-unsaturated/α-hetero) is 1. The maximum atomic E-state index is 12.6. The van der Waals surface area contributed by atoms with Crippen LogP contribution < -0.4 is 4.74 Å². The van der Waals surface area contributed by atoms with E-state index >= 15 is 0 Å². The smallest absolute Gasteiger partial charge is 0.331 e. The fraction of sp³-hybridized carbons (Fsp3) is 0.120. The molecule has 3 aromatic carbocycles. The van der Waals surface area contributed by atoms with E-state index in [0.29, 0.717) is 5.56 Å². The largest absolute Gasteiger partial charge is 0.497 e. The first-order chi connectivity index (χ1) is 14.5. The van der Waals surface area contributed by atoms with Gasteiger partial charge in [0, 0.05) is 28.2 Å². The maximum absolute atomic E-state index is 12.6. The highest BCUT2D eigenvalue weighted by Gasteiger charge is 2.16. The van der Waals surface area contributed by atoms with E-state index in [4.69, 9.17) is 9.47 Å². The second-order valence-electron chi connectivity index (χ2n) is 7.01. The molecule has 0 radical (unpaired) electrons. The number of hydrogen-bond donors (Lipinski definition) is 1.